The predicted molar refractivity (Wildman–Crippen MR) is 70.3 cm³/mol. The van der Waals surface area contributed by atoms with Gasteiger partial charge in [-0.3, -0.25) is 4.79 Å². The Bertz CT molecular complexity index is 730. The predicted octanol–water partition coefficient (Wildman–Crippen LogP) is 3.82. The summed E-state index contributed by atoms with van der Waals surface area (Å²) in [5, 5.41) is 4.58. The monoisotopic (exact) mass is 278 g/mol. The van der Waals surface area contributed by atoms with E-state index in [0.717, 1.165) is 10.8 Å². The van der Waals surface area contributed by atoms with E-state index in [1.807, 2.05) is 12.1 Å². The van der Waals surface area contributed by atoms with Crippen molar-refractivity contribution in [3.8, 4) is 0 Å². The number of rotatable bonds is 2. The highest BCUT2D eigenvalue weighted by atomic mass is 19.4. The number of carbonyl (C=O) groups is 1. The van der Waals surface area contributed by atoms with Crippen LogP contribution in [0, 0.1) is 0 Å². The van der Waals surface area contributed by atoms with Crippen LogP contribution >= 0.6 is 0 Å². The molecule has 1 N–H and O–H groups in total. The van der Waals surface area contributed by atoms with Gasteiger partial charge in [-0.15, -0.1) is 0 Å². The Morgan fingerprint density at radius 2 is 1.85 bits per heavy atom. The number of ketones is 1. The summed E-state index contributed by atoms with van der Waals surface area (Å²) >= 11 is 0. The van der Waals surface area contributed by atoms with Crippen LogP contribution in [-0.2, 0) is 4.79 Å². The molecular weight excluding hydrogens is 269 g/mol. The highest BCUT2D eigenvalue weighted by molar-refractivity contribution is 6.17. The molecule has 0 spiro atoms. The molecule has 102 valence electrons. The van der Waals surface area contributed by atoms with E-state index in [1.165, 1.54) is 0 Å². The van der Waals surface area contributed by atoms with Crippen molar-refractivity contribution in [3.63, 3.8) is 0 Å². The normalized spacial score (nSPS) is 13.8. The molecule has 0 aromatic heterocycles. The van der Waals surface area contributed by atoms with Crippen LogP contribution in [0.2, 0.25) is 0 Å². The standard InChI is InChI=1S/C14H9F3N2O/c15-14(16,17)11(20)7-12-18-9-5-1-3-8-4-2-6-10(19-12)13(8)9/h1-6H,7H2,(H,18,19). The second kappa shape index (κ2) is 4.33. The van der Waals surface area contributed by atoms with Crippen LogP contribution in [0.5, 0.6) is 0 Å². The number of Topliss-reactive ketones (excluding diaryl/α,β-unsaturated/α-hetero) is 1. The van der Waals surface area contributed by atoms with Gasteiger partial charge in [-0.1, -0.05) is 24.3 Å². The Labute approximate surface area is 112 Å². The van der Waals surface area contributed by atoms with Crippen LogP contribution in [0.4, 0.5) is 24.5 Å². The van der Waals surface area contributed by atoms with E-state index in [-0.39, 0.29) is 5.84 Å². The molecule has 0 amide bonds. The molecule has 2 aromatic carbocycles. The van der Waals surface area contributed by atoms with Gasteiger partial charge in [-0.25, -0.2) is 4.99 Å². The topological polar surface area (TPSA) is 41.5 Å². The summed E-state index contributed by atoms with van der Waals surface area (Å²) in [4.78, 5) is 15.1. The summed E-state index contributed by atoms with van der Waals surface area (Å²) in [6.45, 7) is 0. The van der Waals surface area contributed by atoms with E-state index in [2.05, 4.69) is 10.3 Å². The maximum Gasteiger partial charge on any atom is 0.450 e. The zero-order valence-electron chi connectivity index (χ0n) is 10.2. The van der Waals surface area contributed by atoms with Gasteiger partial charge in [0, 0.05) is 11.1 Å². The van der Waals surface area contributed by atoms with Gasteiger partial charge < -0.3 is 5.32 Å². The van der Waals surface area contributed by atoms with Crippen molar-refractivity contribution in [3.05, 3.63) is 36.4 Å². The zero-order valence-corrected chi connectivity index (χ0v) is 10.2. The number of nitrogens with zero attached hydrogens (tertiary/aromatic N) is 1. The molecule has 0 saturated heterocycles. The van der Waals surface area contributed by atoms with E-state index in [0.29, 0.717) is 11.4 Å². The SMILES string of the molecule is O=C(CC1=Nc2cccc3cccc(c23)N1)C(F)(F)F. The zero-order chi connectivity index (χ0) is 14.3. The first-order valence-corrected chi connectivity index (χ1v) is 5.91. The van der Waals surface area contributed by atoms with E-state index in [1.54, 1.807) is 24.3 Å². The maximum atomic E-state index is 12.3. The number of aliphatic imine (C=N–C) groups is 1. The van der Waals surface area contributed by atoms with Crippen LogP contribution in [0.25, 0.3) is 10.8 Å². The molecule has 2 aromatic rings. The van der Waals surface area contributed by atoms with Crippen molar-refractivity contribution in [2.24, 2.45) is 4.99 Å². The highest BCUT2D eigenvalue weighted by Crippen LogP contribution is 2.36. The van der Waals surface area contributed by atoms with E-state index >= 15 is 0 Å². The summed E-state index contributed by atoms with van der Waals surface area (Å²) < 4.78 is 36.9. The van der Waals surface area contributed by atoms with Crippen LogP contribution in [0.1, 0.15) is 6.42 Å². The first-order chi connectivity index (χ1) is 9.45. The van der Waals surface area contributed by atoms with Crippen LogP contribution in [-0.4, -0.2) is 17.8 Å². The molecule has 0 saturated carbocycles. The molecule has 1 aliphatic rings. The molecule has 3 nitrogen and oxygen atoms in total. The molecule has 0 unspecified atom stereocenters. The van der Waals surface area contributed by atoms with Crippen molar-refractivity contribution in [1.29, 1.82) is 0 Å². The van der Waals surface area contributed by atoms with Crippen LogP contribution in [0.15, 0.2) is 41.4 Å². The quantitative estimate of drug-likeness (QED) is 0.907. The Morgan fingerprint density at radius 1 is 1.15 bits per heavy atom. The molecule has 0 aliphatic carbocycles. The lowest BCUT2D eigenvalue weighted by Gasteiger charge is -2.18. The fourth-order valence-electron chi connectivity index (χ4n) is 2.18. The van der Waals surface area contributed by atoms with Gasteiger partial charge in [0.1, 0.15) is 5.84 Å². The Balaban J connectivity index is 2.00. The molecule has 6 heteroatoms. The van der Waals surface area contributed by atoms with Crippen LogP contribution in [0.3, 0.4) is 0 Å². The number of alkyl halides is 3. The lowest BCUT2D eigenvalue weighted by Crippen LogP contribution is -2.28. The number of anilines is 1. The molecule has 1 aliphatic heterocycles. The first kappa shape index (κ1) is 12.7. The summed E-state index contributed by atoms with van der Waals surface area (Å²) in [5.74, 6) is -1.80. The third-order valence-corrected chi connectivity index (χ3v) is 3.06. The average Bonchev–Trinajstić information content (AvgIpc) is 2.38. The third-order valence-electron chi connectivity index (χ3n) is 3.06. The van der Waals surface area contributed by atoms with Crippen molar-refractivity contribution in [2.45, 2.75) is 12.6 Å². The lowest BCUT2D eigenvalue weighted by molar-refractivity contribution is -0.169. The maximum absolute atomic E-state index is 12.3. The van der Waals surface area contributed by atoms with Gasteiger partial charge >= 0.3 is 6.18 Å². The van der Waals surface area contributed by atoms with Gasteiger partial charge in [0.15, 0.2) is 0 Å². The van der Waals surface area contributed by atoms with Crippen molar-refractivity contribution < 1.29 is 18.0 Å². The number of nitrogens with one attached hydrogen (secondary N) is 1. The first-order valence-electron chi connectivity index (χ1n) is 5.91. The molecule has 0 fully saturated rings. The average molecular weight is 278 g/mol. The minimum absolute atomic E-state index is 0.0125. The van der Waals surface area contributed by atoms with Gasteiger partial charge in [-0.2, -0.15) is 13.2 Å². The fourth-order valence-corrected chi connectivity index (χ4v) is 2.18. The van der Waals surface area contributed by atoms with Gasteiger partial charge in [0.2, 0.25) is 5.78 Å². The molecule has 0 atom stereocenters. The van der Waals surface area contributed by atoms with Crippen molar-refractivity contribution in [1.82, 2.24) is 0 Å². The largest absolute Gasteiger partial charge is 0.450 e. The molecule has 0 bridgehead atoms. The van der Waals surface area contributed by atoms with Crippen LogP contribution < -0.4 is 5.32 Å². The van der Waals surface area contributed by atoms with Gasteiger partial charge in [0.25, 0.3) is 0 Å². The number of halogens is 3. The lowest BCUT2D eigenvalue weighted by atomic mass is 10.0. The number of hydrogen-bond acceptors (Lipinski definition) is 3. The van der Waals surface area contributed by atoms with Crippen molar-refractivity contribution >= 4 is 33.8 Å². The minimum Gasteiger partial charge on any atom is -0.343 e. The molecule has 3 rings (SSSR count). The number of benzene rings is 2. The second-order valence-corrected chi connectivity index (χ2v) is 4.46. The number of carbonyl (C=O) groups excluding carboxylic acids is 1. The summed E-state index contributed by atoms with van der Waals surface area (Å²) in [7, 11) is 0. The van der Waals surface area contributed by atoms with E-state index < -0.39 is 18.4 Å². The minimum atomic E-state index is -4.84. The number of hydrogen-bond donors (Lipinski definition) is 1. The van der Waals surface area contributed by atoms with E-state index in [4.69, 9.17) is 0 Å². The number of amidine groups is 1. The van der Waals surface area contributed by atoms with Crippen molar-refractivity contribution in [2.75, 3.05) is 5.32 Å². The van der Waals surface area contributed by atoms with Gasteiger partial charge in [-0.05, 0) is 17.5 Å². The van der Waals surface area contributed by atoms with Gasteiger partial charge in [0.05, 0.1) is 12.1 Å². The fraction of sp³-hybridized carbons (Fsp3) is 0.143. The summed E-state index contributed by atoms with van der Waals surface area (Å²) in [5.41, 5.74) is 1.24. The molecule has 1 heterocycles. The molecule has 0 radical (unpaired) electrons. The Hall–Kier alpha value is -2.37. The smallest absolute Gasteiger partial charge is 0.343 e. The molecule has 20 heavy (non-hydrogen) atoms. The van der Waals surface area contributed by atoms with E-state index in [9.17, 15) is 18.0 Å². The molecular formula is C14H9F3N2O. The highest BCUT2D eigenvalue weighted by Gasteiger charge is 2.39. The second-order valence-electron chi connectivity index (χ2n) is 4.46. The Morgan fingerprint density at radius 3 is 2.55 bits per heavy atom. The Kier molecular flexibility index (Phi) is 2.74. The summed E-state index contributed by atoms with van der Waals surface area (Å²) in [6, 6.07) is 10.8. The third kappa shape index (κ3) is 2.13. The summed E-state index contributed by atoms with van der Waals surface area (Å²) in [6.07, 6.45) is -5.62.